The van der Waals surface area contributed by atoms with Crippen molar-refractivity contribution in [2.45, 2.75) is 13.5 Å². The molecule has 0 unspecified atom stereocenters. The van der Waals surface area contributed by atoms with Gasteiger partial charge in [0, 0.05) is 23.2 Å². The van der Waals surface area contributed by atoms with Crippen molar-refractivity contribution in [2.75, 3.05) is 10.6 Å². The van der Waals surface area contributed by atoms with Gasteiger partial charge in [-0.15, -0.1) is 5.10 Å². The number of thiocarbonyl (C=S) groups is 1. The predicted molar refractivity (Wildman–Crippen MR) is 123 cm³/mol. The average molecular weight is 460 g/mol. The summed E-state index contributed by atoms with van der Waals surface area (Å²) in [5, 5.41) is 12.5. The first-order valence-corrected chi connectivity index (χ1v) is 10.00. The summed E-state index contributed by atoms with van der Waals surface area (Å²) in [7, 11) is 0. The minimum absolute atomic E-state index is 0.302. The van der Waals surface area contributed by atoms with Crippen LogP contribution in [0.15, 0.2) is 58.0 Å². The molecular weight excluding hydrogens is 445 g/mol. The lowest BCUT2D eigenvalue weighted by molar-refractivity contribution is 0.560. The lowest BCUT2D eigenvalue weighted by Crippen LogP contribution is -2.20. The fourth-order valence-corrected chi connectivity index (χ4v) is 3.45. The van der Waals surface area contributed by atoms with Gasteiger partial charge in [-0.05, 0) is 54.5 Å². The Morgan fingerprint density at radius 1 is 1.13 bits per heavy atom. The van der Waals surface area contributed by atoms with Crippen LogP contribution in [0.25, 0.3) is 11.0 Å². The Hall–Kier alpha value is -2.94. The van der Waals surface area contributed by atoms with E-state index in [1.165, 1.54) is 6.07 Å². The average Bonchev–Trinajstić information content (AvgIpc) is 3.10. The first-order valence-electron chi connectivity index (χ1n) is 8.83. The van der Waals surface area contributed by atoms with Crippen LogP contribution in [0, 0.1) is 6.92 Å². The van der Waals surface area contributed by atoms with Crippen molar-refractivity contribution in [2.24, 2.45) is 0 Å². The number of aromatic nitrogens is 3. The van der Waals surface area contributed by atoms with Gasteiger partial charge >= 0.3 is 5.63 Å². The van der Waals surface area contributed by atoms with Gasteiger partial charge < -0.3 is 9.73 Å². The van der Waals surface area contributed by atoms with Gasteiger partial charge in [0.25, 0.3) is 0 Å². The zero-order chi connectivity index (χ0) is 21.3. The largest absolute Gasteiger partial charge is 0.423 e. The van der Waals surface area contributed by atoms with Crippen LogP contribution in [0.2, 0.25) is 10.0 Å². The summed E-state index contributed by atoms with van der Waals surface area (Å²) in [5.74, 6) is 0.343. The van der Waals surface area contributed by atoms with Crippen LogP contribution < -0.4 is 16.3 Å². The lowest BCUT2D eigenvalue weighted by Gasteiger charge is -2.09. The predicted octanol–water partition coefficient (Wildman–Crippen LogP) is 4.86. The Labute approximate surface area is 186 Å². The maximum absolute atomic E-state index is 11.6. The summed E-state index contributed by atoms with van der Waals surface area (Å²) in [6.07, 6.45) is 1.58. The molecular formula is C20H15Cl2N5O2S. The van der Waals surface area contributed by atoms with Gasteiger partial charge in [0.15, 0.2) is 5.11 Å². The van der Waals surface area contributed by atoms with E-state index in [1.807, 2.05) is 25.1 Å². The molecule has 0 aliphatic rings. The van der Waals surface area contributed by atoms with Gasteiger partial charge in [0.1, 0.15) is 11.9 Å². The fraction of sp³-hybridized carbons (Fsp3) is 0.100. The first kappa shape index (κ1) is 20.3. The molecule has 0 radical (unpaired) electrons. The maximum atomic E-state index is 11.6. The summed E-state index contributed by atoms with van der Waals surface area (Å²) < 4.78 is 6.90. The molecule has 0 amide bonds. The Bertz CT molecular complexity index is 1320. The Kier molecular flexibility index (Phi) is 5.72. The molecule has 0 bridgehead atoms. The van der Waals surface area contributed by atoms with Crippen LogP contribution in [0.5, 0.6) is 0 Å². The number of hydrogen-bond acceptors (Lipinski definition) is 5. The Balaban J connectivity index is 1.42. The van der Waals surface area contributed by atoms with Crippen LogP contribution in [0.3, 0.4) is 0 Å². The maximum Gasteiger partial charge on any atom is 0.336 e. The number of nitrogens with one attached hydrogen (secondary N) is 2. The molecule has 2 heterocycles. The lowest BCUT2D eigenvalue weighted by atomic mass is 10.1. The quantitative estimate of drug-likeness (QED) is 0.333. The van der Waals surface area contributed by atoms with Gasteiger partial charge in [-0.3, -0.25) is 5.32 Å². The SMILES string of the molecule is Cc1cc(=O)oc2cc(NC(=S)Nc3ncn(Cc4ccc(Cl)c(Cl)c4)n3)ccc12. The molecule has 0 fully saturated rings. The van der Waals surface area contributed by atoms with Crippen LogP contribution in [0.4, 0.5) is 11.6 Å². The number of anilines is 2. The fourth-order valence-electron chi connectivity index (χ4n) is 2.92. The Morgan fingerprint density at radius 2 is 1.97 bits per heavy atom. The third kappa shape index (κ3) is 4.62. The van der Waals surface area contributed by atoms with Gasteiger partial charge in [0.2, 0.25) is 5.95 Å². The number of nitrogens with zero attached hydrogens (tertiary/aromatic N) is 3. The van der Waals surface area contributed by atoms with Crippen molar-refractivity contribution in [3.8, 4) is 0 Å². The molecule has 4 rings (SSSR count). The number of hydrogen-bond donors (Lipinski definition) is 2. The molecule has 2 aromatic heterocycles. The molecule has 0 aliphatic heterocycles. The van der Waals surface area contributed by atoms with Crippen molar-refractivity contribution in [1.82, 2.24) is 14.8 Å². The molecule has 7 nitrogen and oxygen atoms in total. The molecule has 0 aliphatic carbocycles. The number of benzene rings is 2. The van der Waals surface area contributed by atoms with Crippen LogP contribution in [-0.4, -0.2) is 19.9 Å². The summed E-state index contributed by atoms with van der Waals surface area (Å²) in [6.45, 7) is 2.34. The van der Waals surface area contributed by atoms with Gasteiger partial charge in [0.05, 0.1) is 16.6 Å². The second-order valence-electron chi connectivity index (χ2n) is 6.55. The molecule has 2 N–H and O–H groups in total. The van der Waals surface area contributed by atoms with E-state index in [-0.39, 0.29) is 0 Å². The minimum Gasteiger partial charge on any atom is -0.423 e. The smallest absolute Gasteiger partial charge is 0.336 e. The summed E-state index contributed by atoms with van der Waals surface area (Å²) in [4.78, 5) is 15.8. The third-order valence-corrected chi connectivity index (χ3v) is 5.24. The Morgan fingerprint density at radius 3 is 2.77 bits per heavy atom. The number of halogens is 2. The first-order chi connectivity index (χ1) is 14.4. The van der Waals surface area contributed by atoms with E-state index in [0.717, 1.165) is 16.5 Å². The number of fused-ring (bicyclic) bond motifs is 1. The van der Waals surface area contributed by atoms with E-state index >= 15 is 0 Å². The second-order valence-corrected chi connectivity index (χ2v) is 7.78. The van der Waals surface area contributed by atoms with Crippen LogP contribution in [-0.2, 0) is 6.54 Å². The zero-order valence-electron chi connectivity index (χ0n) is 15.6. The van der Waals surface area contributed by atoms with E-state index in [0.29, 0.717) is 38.9 Å². The van der Waals surface area contributed by atoms with E-state index in [1.54, 1.807) is 29.2 Å². The van der Waals surface area contributed by atoms with Crippen molar-refractivity contribution < 1.29 is 4.42 Å². The molecule has 2 aromatic carbocycles. The standard InChI is InChI=1S/C20H15Cl2N5O2S/c1-11-6-18(28)29-17-8-13(3-4-14(11)17)24-20(30)25-19-23-10-27(26-19)9-12-2-5-15(21)16(22)7-12/h2-8,10H,9H2,1H3,(H2,24,25,26,30). The topological polar surface area (TPSA) is 85.0 Å². The molecule has 30 heavy (non-hydrogen) atoms. The molecule has 10 heteroatoms. The summed E-state index contributed by atoms with van der Waals surface area (Å²) in [5.41, 5.74) is 2.55. The molecule has 152 valence electrons. The summed E-state index contributed by atoms with van der Waals surface area (Å²) in [6, 6.07) is 12.3. The van der Waals surface area contributed by atoms with Crippen molar-refractivity contribution in [3.05, 3.63) is 80.4 Å². The van der Waals surface area contributed by atoms with Gasteiger partial charge in [-0.1, -0.05) is 29.3 Å². The van der Waals surface area contributed by atoms with E-state index < -0.39 is 5.63 Å². The van der Waals surface area contributed by atoms with E-state index in [9.17, 15) is 4.79 Å². The minimum atomic E-state index is -0.394. The number of rotatable bonds is 4. The normalized spacial score (nSPS) is 10.9. The molecule has 0 atom stereocenters. The summed E-state index contributed by atoms with van der Waals surface area (Å²) >= 11 is 17.3. The van der Waals surface area contributed by atoms with Gasteiger partial charge in [-0.25, -0.2) is 14.5 Å². The molecule has 0 saturated heterocycles. The number of aryl methyl sites for hydroxylation is 1. The highest BCUT2D eigenvalue weighted by Gasteiger charge is 2.08. The molecule has 4 aromatic rings. The van der Waals surface area contributed by atoms with Crippen LogP contribution in [0.1, 0.15) is 11.1 Å². The molecule has 0 saturated carbocycles. The van der Waals surface area contributed by atoms with Crippen molar-refractivity contribution >= 4 is 63.1 Å². The molecule has 0 spiro atoms. The van der Waals surface area contributed by atoms with E-state index in [4.69, 9.17) is 39.8 Å². The van der Waals surface area contributed by atoms with E-state index in [2.05, 4.69) is 20.7 Å². The highest BCUT2D eigenvalue weighted by Crippen LogP contribution is 2.23. The third-order valence-electron chi connectivity index (χ3n) is 4.30. The second kappa shape index (κ2) is 8.43. The highest BCUT2D eigenvalue weighted by atomic mass is 35.5. The van der Waals surface area contributed by atoms with Crippen molar-refractivity contribution in [1.29, 1.82) is 0 Å². The highest BCUT2D eigenvalue weighted by molar-refractivity contribution is 7.80. The monoisotopic (exact) mass is 459 g/mol. The zero-order valence-corrected chi connectivity index (χ0v) is 18.0. The van der Waals surface area contributed by atoms with Gasteiger partial charge in [-0.2, -0.15) is 0 Å². The van der Waals surface area contributed by atoms with Crippen molar-refractivity contribution in [3.63, 3.8) is 0 Å². The van der Waals surface area contributed by atoms with Crippen LogP contribution >= 0.6 is 35.4 Å².